The fourth-order valence-electron chi connectivity index (χ4n) is 5.69. The summed E-state index contributed by atoms with van der Waals surface area (Å²) in [7, 11) is -2.80. The van der Waals surface area contributed by atoms with E-state index >= 15 is 0 Å². The second kappa shape index (κ2) is 12.8. The van der Waals surface area contributed by atoms with Gasteiger partial charge >= 0.3 is 21.0 Å². The average molecular weight is 588 g/mol. The predicted octanol–water partition coefficient (Wildman–Crippen LogP) is 6.53. The zero-order chi connectivity index (χ0) is 29.0. The molecule has 37 heavy (non-hydrogen) atoms. The van der Waals surface area contributed by atoms with Crippen molar-refractivity contribution in [2.45, 2.75) is 121 Å². The summed E-state index contributed by atoms with van der Waals surface area (Å²) in [5.41, 5.74) is 0.425. The molecular formula is C24H52F3N3O4Si3. The van der Waals surface area contributed by atoms with Gasteiger partial charge in [-0.05, 0) is 53.0 Å². The third-order valence-corrected chi connectivity index (χ3v) is 16.4. The Morgan fingerprint density at radius 3 is 1.76 bits per heavy atom. The van der Waals surface area contributed by atoms with Crippen LogP contribution in [0.4, 0.5) is 18.0 Å². The molecule has 2 unspecified atom stereocenters. The van der Waals surface area contributed by atoms with Crippen molar-refractivity contribution in [3.63, 3.8) is 0 Å². The van der Waals surface area contributed by atoms with E-state index in [4.69, 9.17) is 8.85 Å². The number of carboxylic acid groups (broad SMARTS) is 1. The fraction of sp³-hybridized carbons (Fsp3) is 0.958. The molecule has 2 aliphatic rings. The van der Waals surface area contributed by atoms with Gasteiger partial charge in [0.25, 0.3) is 0 Å². The van der Waals surface area contributed by atoms with Crippen LogP contribution in [0.25, 0.3) is 0 Å². The largest absolute Gasteiger partial charge is 0.464 e. The van der Waals surface area contributed by atoms with E-state index in [0.717, 1.165) is 38.8 Å². The summed E-state index contributed by atoms with van der Waals surface area (Å²) < 4.78 is 51.0. The van der Waals surface area contributed by atoms with E-state index in [9.17, 15) is 23.1 Å². The number of carbonyl (C=O) groups is 1. The Hall–Kier alpha value is -0.449. The van der Waals surface area contributed by atoms with Gasteiger partial charge in [-0.25, -0.2) is 14.8 Å². The Morgan fingerprint density at radius 1 is 0.919 bits per heavy atom. The molecule has 2 saturated heterocycles. The van der Waals surface area contributed by atoms with Crippen molar-refractivity contribution >= 4 is 31.0 Å². The molecule has 13 heteroatoms. The first kappa shape index (κ1) is 34.6. The van der Waals surface area contributed by atoms with E-state index in [1.54, 1.807) is 5.01 Å². The Morgan fingerprint density at radius 2 is 1.38 bits per heavy atom. The van der Waals surface area contributed by atoms with Gasteiger partial charge in [0.1, 0.15) is 0 Å². The van der Waals surface area contributed by atoms with Crippen LogP contribution in [-0.4, -0.2) is 101 Å². The number of nitrogens with zero attached hydrogens (tertiary/aromatic N) is 3. The highest BCUT2D eigenvalue weighted by Crippen LogP contribution is 2.36. The summed E-state index contributed by atoms with van der Waals surface area (Å²) in [6.07, 6.45) is -1.53. The van der Waals surface area contributed by atoms with Crippen LogP contribution in [0.2, 0.25) is 45.3 Å². The normalized spacial score (nSPS) is 22.6. The Labute approximate surface area is 226 Å². The fourth-order valence-corrected chi connectivity index (χ4v) is 14.8. The van der Waals surface area contributed by atoms with Gasteiger partial charge in [-0.15, -0.1) is 0 Å². The lowest BCUT2D eigenvalue weighted by Gasteiger charge is -2.45. The Bertz CT molecular complexity index is 736. The molecule has 0 aromatic rings. The summed E-state index contributed by atoms with van der Waals surface area (Å²) in [5.74, 6) is 0. The summed E-state index contributed by atoms with van der Waals surface area (Å²) >= 11 is 0. The lowest BCUT2D eigenvalue weighted by molar-refractivity contribution is -0.132. The second-order valence-electron chi connectivity index (χ2n) is 13.4. The Balaban J connectivity index is 0.000000375. The minimum atomic E-state index is -4.16. The smallest absolute Gasteiger partial charge is 0.427 e. The molecule has 2 aliphatic heterocycles. The highest BCUT2D eigenvalue weighted by Gasteiger charge is 2.53. The SMILES string of the molecule is CC(C)(C)N(C(=O)O)N1CCCC1[Si](C)(C)C.CO[Si](CCC(F)(F)F)(OC)N1CCCC1[Si](C)(C)C. The van der Waals surface area contributed by atoms with Crippen LogP contribution in [-0.2, 0) is 8.85 Å². The van der Waals surface area contributed by atoms with Crippen molar-refractivity contribution in [1.82, 2.24) is 14.6 Å². The lowest BCUT2D eigenvalue weighted by Crippen LogP contribution is -2.64. The summed E-state index contributed by atoms with van der Waals surface area (Å²) in [6.45, 7) is 21.3. The van der Waals surface area contributed by atoms with Gasteiger partial charge in [-0.3, -0.25) is 4.57 Å². The highest BCUT2D eigenvalue weighted by molar-refractivity contribution is 6.79. The molecule has 2 fully saturated rings. The van der Waals surface area contributed by atoms with Gasteiger partial charge in [0.15, 0.2) is 0 Å². The first-order chi connectivity index (χ1) is 16.6. The van der Waals surface area contributed by atoms with Crippen molar-refractivity contribution < 1.29 is 31.9 Å². The van der Waals surface area contributed by atoms with E-state index in [1.165, 1.54) is 14.2 Å². The number of hydrogen-bond donors (Lipinski definition) is 1. The van der Waals surface area contributed by atoms with E-state index in [1.807, 2.05) is 20.8 Å². The van der Waals surface area contributed by atoms with Crippen LogP contribution >= 0.6 is 0 Å². The molecule has 0 spiro atoms. The Kier molecular flexibility index (Phi) is 12.0. The number of alkyl halides is 3. The topological polar surface area (TPSA) is 65.5 Å². The van der Waals surface area contributed by atoms with Crippen LogP contribution in [0.1, 0.15) is 52.9 Å². The monoisotopic (exact) mass is 587 g/mol. The quantitative estimate of drug-likeness (QED) is 0.326. The van der Waals surface area contributed by atoms with Crippen LogP contribution in [0.3, 0.4) is 0 Å². The van der Waals surface area contributed by atoms with Gasteiger partial charge < -0.3 is 14.0 Å². The minimum Gasteiger partial charge on any atom is -0.464 e. The highest BCUT2D eigenvalue weighted by atomic mass is 28.4. The molecule has 0 aliphatic carbocycles. The molecule has 2 rings (SSSR count). The number of amides is 1. The molecule has 220 valence electrons. The van der Waals surface area contributed by atoms with Gasteiger partial charge in [-0.2, -0.15) is 13.2 Å². The van der Waals surface area contributed by atoms with Crippen LogP contribution < -0.4 is 0 Å². The maximum atomic E-state index is 12.6. The maximum Gasteiger partial charge on any atom is 0.427 e. The molecule has 0 bridgehead atoms. The van der Waals surface area contributed by atoms with E-state index in [0.29, 0.717) is 11.3 Å². The zero-order valence-corrected chi connectivity index (χ0v) is 28.0. The van der Waals surface area contributed by atoms with Crippen molar-refractivity contribution in [2.24, 2.45) is 0 Å². The summed E-state index contributed by atoms with van der Waals surface area (Å²) in [6, 6.07) is -0.0511. The van der Waals surface area contributed by atoms with E-state index < -0.39 is 43.6 Å². The number of halogens is 3. The third-order valence-electron chi connectivity index (χ3n) is 7.35. The predicted molar refractivity (Wildman–Crippen MR) is 151 cm³/mol. The van der Waals surface area contributed by atoms with E-state index in [2.05, 4.69) is 48.9 Å². The molecule has 1 N–H and O–H groups in total. The van der Waals surface area contributed by atoms with Crippen molar-refractivity contribution in [3.05, 3.63) is 0 Å². The molecule has 2 heterocycles. The molecule has 0 radical (unpaired) electrons. The van der Waals surface area contributed by atoms with Gasteiger partial charge in [0.2, 0.25) is 0 Å². The zero-order valence-electron chi connectivity index (χ0n) is 25.0. The standard InChI is InChI=1S/C12H26F3NO2Si2.C12H26N2O2Si/c1-17-20(18-2,10-8-12(13,14)15)16-9-6-7-11(16)19(3,4)5;1-12(2,3)14(11(15)16)13-9-7-8-10(13)17(4,5)6/h11H,6-10H2,1-5H3;10H,7-9H2,1-6H3,(H,15,16). The van der Waals surface area contributed by atoms with Gasteiger partial charge in [0, 0.05) is 44.6 Å². The number of hydrogen-bond acceptors (Lipinski definition) is 5. The van der Waals surface area contributed by atoms with Gasteiger partial charge in [-0.1, -0.05) is 39.3 Å². The molecule has 1 amide bonds. The maximum absolute atomic E-state index is 12.6. The number of rotatable bonds is 8. The third kappa shape index (κ3) is 9.60. The molecule has 7 nitrogen and oxygen atoms in total. The molecule has 0 saturated carbocycles. The molecule has 0 aromatic heterocycles. The van der Waals surface area contributed by atoms with Crippen LogP contribution in [0, 0.1) is 0 Å². The number of hydrazine groups is 1. The van der Waals surface area contributed by atoms with Crippen LogP contribution in [0.5, 0.6) is 0 Å². The summed E-state index contributed by atoms with van der Waals surface area (Å²) in [5, 5.41) is 13.1. The molecule has 0 aromatic carbocycles. The lowest BCUT2D eigenvalue weighted by atomic mass is 10.1. The first-order valence-corrected chi connectivity index (χ1v) is 22.5. The first-order valence-electron chi connectivity index (χ1n) is 13.3. The molecule has 2 atom stereocenters. The van der Waals surface area contributed by atoms with Gasteiger partial charge in [0.05, 0.1) is 21.7 Å². The molecular weight excluding hydrogens is 536 g/mol. The summed E-state index contributed by atoms with van der Waals surface area (Å²) in [4.78, 5) is 11.5. The van der Waals surface area contributed by atoms with Crippen molar-refractivity contribution in [1.29, 1.82) is 0 Å². The minimum absolute atomic E-state index is 0.0511. The second-order valence-corrected chi connectivity index (χ2v) is 27.5. The van der Waals surface area contributed by atoms with Crippen molar-refractivity contribution in [3.8, 4) is 0 Å². The van der Waals surface area contributed by atoms with Crippen LogP contribution in [0.15, 0.2) is 0 Å². The van der Waals surface area contributed by atoms with E-state index in [-0.39, 0.29) is 11.6 Å². The van der Waals surface area contributed by atoms with Crippen molar-refractivity contribution in [2.75, 3.05) is 27.3 Å². The average Bonchev–Trinajstić information content (AvgIpc) is 3.37.